The number of nitrogens with zero attached hydrogens (tertiary/aromatic N) is 5. The second kappa shape index (κ2) is 10.6. The second-order valence-corrected chi connectivity index (χ2v) is 12.3. The Kier molecular flexibility index (Phi) is 7.08. The molecule has 4 amide bonds. The molecule has 2 unspecified atom stereocenters. The Morgan fingerprint density at radius 2 is 1.95 bits per heavy atom. The van der Waals surface area contributed by atoms with Gasteiger partial charge in [0, 0.05) is 50.4 Å². The van der Waals surface area contributed by atoms with Gasteiger partial charge in [-0.15, -0.1) is 0 Å². The van der Waals surface area contributed by atoms with Crippen LogP contribution in [-0.4, -0.2) is 82.1 Å². The van der Waals surface area contributed by atoms with Crippen molar-refractivity contribution in [2.24, 2.45) is 0 Å². The molecular formula is C31H38N6O5. The van der Waals surface area contributed by atoms with Gasteiger partial charge in [-0.3, -0.25) is 23.9 Å². The molecule has 3 aliphatic heterocycles. The lowest BCUT2D eigenvalue weighted by atomic mass is 9.87. The van der Waals surface area contributed by atoms with Gasteiger partial charge in [0.1, 0.15) is 22.8 Å². The number of rotatable bonds is 6. The van der Waals surface area contributed by atoms with E-state index in [4.69, 9.17) is 14.5 Å². The first-order valence-electron chi connectivity index (χ1n) is 14.6. The van der Waals surface area contributed by atoms with Gasteiger partial charge in [0.05, 0.1) is 18.8 Å². The van der Waals surface area contributed by atoms with E-state index in [9.17, 15) is 14.4 Å². The van der Waals surface area contributed by atoms with Gasteiger partial charge in [-0.05, 0) is 63.8 Å². The van der Waals surface area contributed by atoms with Crippen LogP contribution in [0.15, 0.2) is 48.8 Å². The van der Waals surface area contributed by atoms with Crippen LogP contribution in [0.2, 0.25) is 0 Å². The minimum absolute atomic E-state index is 0.0252. The average molecular weight is 575 g/mol. The number of nitrogens with one attached hydrogen (secondary N) is 1. The van der Waals surface area contributed by atoms with E-state index in [0.717, 1.165) is 29.7 Å². The lowest BCUT2D eigenvalue weighted by molar-refractivity contribution is -0.128. The van der Waals surface area contributed by atoms with Crippen molar-refractivity contribution in [1.82, 2.24) is 24.5 Å². The maximum atomic E-state index is 13.7. The Morgan fingerprint density at radius 3 is 2.69 bits per heavy atom. The van der Waals surface area contributed by atoms with Crippen LogP contribution >= 0.6 is 0 Å². The molecule has 11 nitrogen and oxygen atoms in total. The van der Waals surface area contributed by atoms with Gasteiger partial charge in [0.2, 0.25) is 5.91 Å². The van der Waals surface area contributed by atoms with E-state index in [1.54, 1.807) is 18.2 Å². The number of amides is 4. The maximum Gasteiger partial charge on any atom is 0.411 e. The summed E-state index contributed by atoms with van der Waals surface area (Å²) in [6.45, 7) is 7.49. The monoisotopic (exact) mass is 574 g/mol. The topological polar surface area (TPSA) is 109 Å². The molecule has 42 heavy (non-hydrogen) atoms. The molecule has 2 aromatic heterocycles. The number of carbonyl (C=O) groups is 3. The number of methoxy groups -OCH3 is 1. The van der Waals surface area contributed by atoms with Crippen LogP contribution in [0.25, 0.3) is 5.65 Å². The molecule has 0 spiro atoms. The lowest BCUT2D eigenvalue weighted by Gasteiger charge is -2.45. The van der Waals surface area contributed by atoms with Crippen molar-refractivity contribution < 1.29 is 23.9 Å². The molecule has 0 aliphatic carbocycles. The molecule has 1 aromatic carbocycles. The molecule has 0 saturated carbocycles. The Labute approximate surface area is 245 Å². The molecule has 1 N–H and O–H groups in total. The largest absolute Gasteiger partial charge is 0.497 e. The van der Waals surface area contributed by atoms with Crippen LogP contribution in [0, 0.1) is 0 Å². The van der Waals surface area contributed by atoms with Crippen LogP contribution in [0.1, 0.15) is 51.2 Å². The fraction of sp³-hybridized carbons (Fsp3) is 0.484. The first-order valence-corrected chi connectivity index (χ1v) is 14.6. The zero-order valence-corrected chi connectivity index (χ0v) is 24.6. The Balaban J connectivity index is 1.29. The number of hydrogen-bond acceptors (Lipinski definition) is 7. The lowest BCUT2D eigenvalue weighted by Crippen LogP contribution is -2.61. The number of imide groups is 1. The fourth-order valence-electron chi connectivity index (χ4n) is 6.53. The standard InChI is InChI=1S/C31H38N6O5/c1-30(2,3)42-29(40)37-22-11-14-31(37,20-32-18-22)24-6-5-15-34-25(19-33-27(24)34)35-17-13-26(38)36(28(35)39)16-12-21-7-9-23(41-4)10-8-21/h5-10,15,19,22,32H,11-14,16-18,20H2,1-4H3. The summed E-state index contributed by atoms with van der Waals surface area (Å²) in [4.78, 5) is 49.6. The summed E-state index contributed by atoms with van der Waals surface area (Å²) < 4.78 is 13.0. The quantitative estimate of drug-likeness (QED) is 0.475. The normalized spacial score (nSPS) is 22.7. The smallest absolute Gasteiger partial charge is 0.411 e. The number of urea groups is 1. The van der Waals surface area contributed by atoms with Crippen LogP contribution < -0.4 is 15.0 Å². The number of hydrogen-bond donors (Lipinski definition) is 1. The molecule has 3 aliphatic rings. The fourth-order valence-corrected chi connectivity index (χ4v) is 6.53. The van der Waals surface area contributed by atoms with Gasteiger partial charge < -0.3 is 14.8 Å². The SMILES string of the molecule is COc1ccc(CCN2C(=O)CCN(c3cnc4c(C56CCC(CNC5)N6C(=O)OC(C)(C)C)cccn34)C2=O)cc1. The molecule has 3 aromatic rings. The second-order valence-electron chi connectivity index (χ2n) is 12.3. The highest BCUT2D eigenvalue weighted by Crippen LogP contribution is 2.46. The minimum Gasteiger partial charge on any atom is -0.497 e. The first-order chi connectivity index (χ1) is 20.1. The maximum absolute atomic E-state index is 13.7. The van der Waals surface area contributed by atoms with Crippen LogP contribution in [0.3, 0.4) is 0 Å². The Morgan fingerprint density at radius 1 is 1.17 bits per heavy atom. The van der Waals surface area contributed by atoms with Crippen LogP contribution in [-0.2, 0) is 21.5 Å². The Bertz CT molecular complexity index is 1510. The minimum atomic E-state index is -0.622. The van der Waals surface area contributed by atoms with Gasteiger partial charge >= 0.3 is 12.1 Å². The van der Waals surface area contributed by atoms with Crippen molar-refractivity contribution in [3.8, 4) is 5.75 Å². The molecule has 5 heterocycles. The van der Waals surface area contributed by atoms with E-state index in [-0.39, 0.29) is 43.6 Å². The van der Waals surface area contributed by atoms with Gasteiger partial charge in [0.15, 0.2) is 0 Å². The van der Waals surface area contributed by atoms with Crippen molar-refractivity contribution in [3.05, 3.63) is 59.9 Å². The van der Waals surface area contributed by atoms with Gasteiger partial charge in [-0.25, -0.2) is 14.6 Å². The highest BCUT2D eigenvalue weighted by Gasteiger charge is 2.54. The number of benzene rings is 1. The van der Waals surface area contributed by atoms with Crippen molar-refractivity contribution in [3.63, 3.8) is 0 Å². The third-order valence-electron chi connectivity index (χ3n) is 8.49. The predicted octanol–water partition coefficient (Wildman–Crippen LogP) is 3.94. The van der Waals surface area contributed by atoms with Crippen LogP contribution in [0.5, 0.6) is 5.75 Å². The van der Waals surface area contributed by atoms with Crippen molar-refractivity contribution in [1.29, 1.82) is 0 Å². The molecule has 11 heteroatoms. The molecule has 0 radical (unpaired) electrons. The van der Waals surface area contributed by atoms with E-state index in [1.807, 2.05) is 72.7 Å². The summed E-state index contributed by atoms with van der Waals surface area (Å²) in [5.41, 5.74) is 1.37. The number of piperazine rings is 1. The van der Waals surface area contributed by atoms with E-state index >= 15 is 0 Å². The highest BCUT2D eigenvalue weighted by molar-refractivity contribution is 6.05. The van der Waals surface area contributed by atoms with Gasteiger partial charge in [-0.2, -0.15) is 0 Å². The van der Waals surface area contributed by atoms with E-state index < -0.39 is 11.1 Å². The number of carbonyl (C=O) groups excluding carboxylic acids is 3. The summed E-state index contributed by atoms with van der Waals surface area (Å²) in [7, 11) is 1.62. The van der Waals surface area contributed by atoms with Crippen LogP contribution in [0.4, 0.5) is 15.4 Å². The molecule has 2 atom stereocenters. The highest BCUT2D eigenvalue weighted by atomic mass is 16.6. The molecular weight excluding hydrogens is 536 g/mol. The first kappa shape index (κ1) is 28.0. The summed E-state index contributed by atoms with van der Waals surface area (Å²) in [5.74, 6) is 1.17. The van der Waals surface area contributed by atoms with Crippen molar-refractivity contribution >= 4 is 29.5 Å². The summed E-state index contributed by atoms with van der Waals surface area (Å²) in [6, 6.07) is 11.2. The number of ether oxygens (including phenoxy) is 2. The predicted molar refractivity (Wildman–Crippen MR) is 157 cm³/mol. The molecule has 222 valence electrons. The zero-order chi connectivity index (χ0) is 29.6. The third-order valence-corrected chi connectivity index (χ3v) is 8.49. The van der Waals surface area contributed by atoms with Gasteiger partial charge in [-0.1, -0.05) is 18.2 Å². The van der Waals surface area contributed by atoms with Crippen molar-refractivity contribution in [2.45, 2.75) is 63.6 Å². The Hall–Kier alpha value is -4.12. The average Bonchev–Trinajstić information content (AvgIpc) is 3.48. The molecule has 6 rings (SSSR count). The van der Waals surface area contributed by atoms with Gasteiger partial charge in [0.25, 0.3) is 0 Å². The molecule has 3 saturated heterocycles. The zero-order valence-electron chi connectivity index (χ0n) is 24.6. The summed E-state index contributed by atoms with van der Waals surface area (Å²) in [5, 5.41) is 3.52. The van der Waals surface area contributed by atoms with E-state index in [2.05, 4.69) is 5.32 Å². The van der Waals surface area contributed by atoms with Crippen molar-refractivity contribution in [2.75, 3.05) is 38.2 Å². The van der Waals surface area contributed by atoms with E-state index in [1.165, 1.54) is 4.90 Å². The molecule has 3 fully saturated rings. The third kappa shape index (κ3) is 4.85. The van der Waals surface area contributed by atoms with E-state index in [0.29, 0.717) is 31.0 Å². The number of imidazole rings is 1. The molecule has 2 bridgehead atoms. The summed E-state index contributed by atoms with van der Waals surface area (Å²) in [6.07, 6.45) is 5.65. The number of aromatic nitrogens is 2. The number of pyridine rings is 1. The number of fused-ring (bicyclic) bond motifs is 3. The summed E-state index contributed by atoms with van der Waals surface area (Å²) >= 11 is 0. The number of anilines is 1.